The molecule has 0 spiro atoms. The normalized spacial score (nSPS) is 13.1. The summed E-state index contributed by atoms with van der Waals surface area (Å²) in [5, 5.41) is 0.183. The van der Waals surface area contributed by atoms with Gasteiger partial charge in [-0.1, -0.05) is 11.6 Å². The highest BCUT2D eigenvalue weighted by Crippen LogP contribution is 2.42. The molecule has 156 valence electrons. The van der Waals surface area contributed by atoms with Crippen LogP contribution >= 0.6 is 11.6 Å². The van der Waals surface area contributed by atoms with Gasteiger partial charge in [-0.3, -0.25) is 9.69 Å². The molecule has 0 unspecified atom stereocenters. The molecule has 0 saturated heterocycles. The van der Waals surface area contributed by atoms with Gasteiger partial charge in [0, 0.05) is 16.4 Å². The second kappa shape index (κ2) is 7.85. The Bertz CT molecular complexity index is 1260. The first-order chi connectivity index (χ1) is 14.8. The smallest absolute Gasteiger partial charge is 0.316 e. The molecule has 1 aliphatic rings. The van der Waals surface area contributed by atoms with Gasteiger partial charge in [-0.25, -0.2) is 14.2 Å². The summed E-state index contributed by atoms with van der Waals surface area (Å²) in [4.78, 5) is 28.6. The molecule has 0 aliphatic carbocycles. The third-order valence-electron chi connectivity index (χ3n) is 5.09. The van der Waals surface area contributed by atoms with E-state index in [4.69, 9.17) is 22.9 Å². The molecule has 7 nitrogen and oxygen atoms in total. The van der Waals surface area contributed by atoms with Gasteiger partial charge in [0.2, 0.25) is 5.69 Å². The molecule has 0 atom stereocenters. The van der Waals surface area contributed by atoms with Crippen LogP contribution < -0.4 is 14.5 Å². The summed E-state index contributed by atoms with van der Waals surface area (Å²) >= 11 is 6.24. The van der Waals surface area contributed by atoms with Crippen molar-refractivity contribution in [3.63, 3.8) is 0 Å². The number of hydrogen-bond donors (Lipinski definition) is 0. The number of carbonyl (C=O) groups is 1. The standard InChI is InChI=1S/C22H17ClFN5O2/c1-12-7-14(24)5-6-18(12)28-11-29(20-10-26-22(31-4)27-13(20)2)21(30)15-8-16(23)17(25-3)9-19(15)28/h5-10H,11H2,1-2,4H3. The van der Waals surface area contributed by atoms with E-state index < -0.39 is 0 Å². The molecule has 1 amide bonds. The molecule has 0 fully saturated rings. The van der Waals surface area contributed by atoms with Crippen LogP contribution in [-0.4, -0.2) is 29.7 Å². The number of aryl methyl sites for hydroxylation is 2. The van der Waals surface area contributed by atoms with Crippen LogP contribution in [0.3, 0.4) is 0 Å². The van der Waals surface area contributed by atoms with Gasteiger partial charge in [0.15, 0.2) is 0 Å². The number of aromatic nitrogens is 2. The molecule has 0 N–H and O–H groups in total. The Morgan fingerprint density at radius 1 is 1.16 bits per heavy atom. The van der Waals surface area contributed by atoms with Crippen molar-refractivity contribution < 1.29 is 13.9 Å². The minimum absolute atomic E-state index is 0.119. The zero-order valence-electron chi connectivity index (χ0n) is 17.0. The monoisotopic (exact) mass is 437 g/mol. The fourth-order valence-electron chi connectivity index (χ4n) is 3.57. The van der Waals surface area contributed by atoms with E-state index in [-0.39, 0.29) is 35.1 Å². The molecule has 1 aliphatic heterocycles. The third kappa shape index (κ3) is 3.53. The van der Waals surface area contributed by atoms with Gasteiger partial charge in [0.25, 0.3) is 5.91 Å². The Kier molecular flexibility index (Phi) is 5.21. The Labute approximate surface area is 183 Å². The van der Waals surface area contributed by atoms with E-state index in [0.717, 1.165) is 0 Å². The molecule has 31 heavy (non-hydrogen) atoms. The fourth-order valence-corrected chi connectivity index (χ4v) is 3.78. The van der Waals surface area contributed by atoms with E-state index in [1.165, 1.54) is 36.4 Å². The van der Waals surface area contributed by atoms with Gasteiger partial charge in [-0.05, 0) is 49.7 Å². The summed E-state index contributed by atoms with van der Waals surface area (Å²) in [5.41, 5.74) is 3.53. The lowest BCUT2D eigenvalue weighted by Gasteiger charge is -2.39. The molecule has 3 aromatic rings. The van der Waals surface area contributed by atoms with E-state index in [9.17, 15) is 9.18 Å². The minimum Gasteiger partial charge on any atom is -0.467 e. The average molecular weight is 438 g/mol. The molecule has 0 radical (unpaired) electrons. The molecule has 0 bridgehead atoms. The maximum Gasteiger partial charge on any atom is 0.316 e. The van der Waals surface area contributed by atoms with E-state index in [1.54, 1.807) is 26.0 Å². The largest absolute Gasteiger partial charge is 0.467 e. The zero-order chi connectivity index (χ0) is 22.3. The second-order valence-electron chi connectivity index (χ2n) is 6.99. The van der Waals surface area contributed by atoms with Crippen molar-refractivity contribution >= 4 is 40.3 Å². The highest BCUT2D eigenvalue weighted by atomic mass is 35.5. The molecule has 0 saturated carbocycles. The maximum absolute atomic E-state index is 13.7. The van der Waals surface area contributed by atoms with Crippen LogP contribution in [0, 0.1) is 26.2 Å². The molecule has 2 aromatic carbocycles. The number of fused-ring (bicyclic) bond motifs is 1. The Morgan fingerprint density at radius 2 is 1.94 bits per heavy atom. The summed E-state index contributed by atoms with van der Waals surface area (Å²) in [6.45, 7) is 11.0. The van der Waals surface area contributed by atoms with Gasteiger partial charge < -0.3 is 9.64 Å². The first-order valence-electron chi connectivity index (χ1n) is 9.28. The molecule has 4 rings (SSSR count). The van der Waals surface area contributed by atoms with Crippen LogP contribution in [0.1, 0.15) is 21.6 Å². The predicted octanol–water partition coefficient (Wildman–Crippen LogP) is 5.20. The van der Waals surface area contributed by atoms with Crippen LogP contribution in [0.2, 0.25) is 5.02 Å². The lowest BCUT2D eigenvalue weighted by atomic mass is 10.0. The number of nitrogens with zero attached hydrogens (tertiary/aromatic N) is 5. The molecule has 1 aromatic heterocycles. The van der Waals surface area contributed by atoms with Crippen molar-refractivity contribution in [2.45, 2.75) is 13.8 Å². The van der Waals surface area contributed by atoms with Gasteiger partial charge in [-0.15, -0.1) is 0 Å². The Hall–Kier alpha value is -3.70. The Morgan fingerprint density at radius 3 is 2.58 bits per heavy atom. The highest BCUT2D eigenvalue weighted by molar-refractivity contribution is 6.34. The maximum atomic E-state index is 13.7. The van der Waals surface area contributed by atoms with E-state index in [1.807, 2.05) is 4.90 Å². The van der Waals surface area contributed by atoms with Gasteiger partial charge in [0.1, 0.15) is 12.5 Å². The summed E-state index contributed by atoms with van der Waals surface area (Å²) in [6, 6.07) is 7.69. The first-order valence-corrected chi connectivity index (χ1v) is 9.66. The van der Waals surface area contributed by atoms with Crippen molar-refractivity contribution in [3.8, 4) is 6.01 Å². The highest BCUT2D eigenvalue weighted by Gasteiger charge is 2.34. The van der Waals surface area contributed by atoms with Crippen molar-refractivity contribution in [1.29, 1.82) is 0 Å². The topological polar surface area (TPSA) is 62.9 Å². The van der Waals surface area contributed by atoms with Crippen molar-refractivity contribution in [2.75, 3.05) is 23.6 Å². The molecular formula is C22H17ClFN5O2. The van der Waals surface area contributed by atoms with E-state index in [2.05, 4.69) is 14.8 Å². The number of methoxy groups -OCH3 is 1. The summed E-state index contributed by atoms with van der Waals surface area (Å²) in [7, 11) is 1.47. The number of anilines is 3. The van der Waals surface area contributed by atoms with Gasteiger partial charge in [0.05, 0.1) is 36.8 Å². The van der Waals surface area contributed by atoms with Crippen molar-refractivity contribution in [3.05, 3.63) is 75.6 Å². The third-order valence-corrected chi connectivity index (χ3v) is 5.39. The SMILES string of the molecule is [C-]#[N+]c1cc2c(cc1Cl)C(=O)N(c1cnc(OC)nc1C)CN2c1ccc(F)cc1C. The summed E-state index contributed by atoms with van der Waals surface area (Å²) < 4.78 is 18.8. The van der Waals surface area contributed by atoms with Crippen LogP contribution in [-0.2, 0) is 0 Å². The van der Waals surface area contributed by atoms with Gasteiger partial charge >= 0.3 is 6.01 Å². The van der Waals surface area contributed by atoms with Crippen LogP contribution in [0.4, 0.5) is 27.1 Å². The number of amides is 1. The van der Waals surface area contributed by atoms with Crippen molar-refractivity contribution in [2.24, 2.45) is 0 Å². The second-order valence-corrected chi connectivity index (χ2v) is 7.40. The molecule has 9 heteroatoms. The number of carbonyl (C=O) groups excluding carboxylic acids is 1. The summed E-state index contributed by atoms with van der Waals surface area (Å²) in [5.74, 6) is -0.662. The number of benzene rings is 2. The van der Waals surface area contributed by atoms with E-state index >= 15 is 0 Å². The molecular weight excluding hydrogens is 421 g/mol. The fraction of sp³-hybridized carbons (Fsp3) is 0.182. The van der Waals surface area contributed by atoms with Crippen LogP contribution in [0.5, 0.6) is 6.01 Å². The summed E-state index contributed by atoms with van der Waals surface area (Å²) in [6.07, 6.45) is 1.52. The quantitative estimate of drug-likeness (QED) is 0.527. The number of halogens is 2. The van der Waals surface area contributed by atoms with Crippen LogP contribution in [0.25, 0.3) is 4.85 Å². The first kappa shape index (κ1) is 20.6. The number of hydrogen-bond acceptors (Lipinski definition) is 5. The minimum atomic E-state index is -0.358. The van der Waals surface area contributed by atoms with E-state index in [0.29, 0.717) is 33.9 Å². The van der Waals surface area contributed by atoms with Crippen molar-refractivity contribution in [1.82, 2.24) is 9.97 Å². The van der Waals surface area contributed by atoms with Gasteiger partial charge in [-0.2, -0.15) is 4.98 Å². The zero-order valence-corrected chi connectivity index (χ0v) is 17.7. The lowest BCUT2D eigenvalue weighted by Crippen LogP contribution is -2.45. The molecule has 2 heterocycles. The lowest BCUT2D eigenvalue weighted by molar-refractivity contribution is 0.0983. The number of rotatable bonds is 3. The average Bonchev–Trinajstić information content (AvgIpc) is 2.75. The van der Waals surface area contributed by atoms with Crippen LogP contribution in [0.15, 0.2) is 36.5 Å². The predicted molar refractivity (Wildman–Crippen MR) is 116 cm³/mol. The number of ether oxygens (including phenoxy) is 1. The Balaban J connectivity index is 1.92.